The molecule has 0 amide bonds. The van der Waals surface area contributed by atoms with Crippen LogP contribution in [0, 0.1) is 5.92 Å². The average molecular weight is 401 g/mol. The highest BCUT2D eigenvalue weighted by atomic mass is 32.2. The number of hydrogen-bond acceptors (Lipinski definition) is 2. The molecule has 1 nitrogen and oxygen atoms in total. The first kappa shape index (κ1) is 20.0. The quantitative estimate of drug-likeness (QED) is 0.363. The molecule has 0 radical (unpaired) electrons. The molecule has 1 aliphatic rings. The second-order valence-electron chi connectivity index (χ2n) is 8.30. The molecule has 0 heterocycles. The molecule has 4 rings (SSSR count). The fourth-order valence-corrected chi connectivity index (χ4v) is 4.92. The molecule has 0 saturated heterocycles. The Balaban J connectivity index is 1.55. The van der Waals surface area contributed by atoms with Crippen molar-refractivity contribution >= 4 is 17.5 Å². The molecule has 1 saturated carbocycles. The van der Waals surface area contributed by atoms with E-state index in [0.29, 0.717) is 0 Å². The summed E-state index contributed by atoms with van der Waals surface area (Å²) < 4.78 is 0. The summed E-state index contributed by atoms with van der Waals surface area (Å²) in [6.07, 6.45) is 6.05. The first-order chi connectivity index (χ1) is 14.1. The summed E-state index contributed by atoms with van der Waals surface area (Å²) in [5.74, 6) is 1.04. The molecule has 0 bridgehead atoms. The number of ketones is 1. The topological polar surface area (TPSA) is 17.1 Å². The van der Waals surface area contributed by atoms with Crippen LogP contribution in [-0.2, 0) is 5.41 Å². The van der Waals surface area contributed by atoms with Crippen LogP contribution >= 0.6 is 11.8 Å². The molecule has 29 heavy (non-hydrogen) atoms. The first-order valence-electron chi connectivity index (χ1n) is 10.6. The molecule has 0 spiro atoms. The van der Waals surface area contributed by atoms with Gasteiger partial charge in [-0.2, -0.15) is 0 Å². The molecule has 1 aliphatic carbocycles. The van der Waals surface area contributed by atoms with Crippen molar-refractivity contribution in [1.29, 1.82) is 0 Å². The monoisotopic (exact) mass is 400 g/mol. The fraction of sp³-hybridized carbons (Fsp3) is 0.296. The SMILES string of the molecule is CC(CCC1CCC1)(C(=O)c1ccc(Sc2ccccc2)cc1)c1ccccc1. The zero-order valence-corrected chi connectivity index (χ0v) is 17.8. The predicted octanol–water partition coefficient (Wildman–Crippen LogP) is 7.56. The Morgan fingerprint density at radius 3 is 2.03 bits per heavy atom. The van der Waals surface area contributed by atoms with E-state index >= 15 is 0 Å². The maximum Gasteiger partial charge on any atom is 0.173 e. The van der Waals surface area contributed by atoms with Crippen molar-refractivity contribution in [3.05, 3.63) is 96.1 Å². The molecule has 0 N–H and O–H groups in total. The van der Waals surface area contributed by atoms with Crippen molar-refractivity contribution < 1.29 is 4.79 Å². The Morgan fingerprint density at radius 2 is 1.45 bits per heavy atom. The van der Waals surface area contributed by atoms with Gasteiger partial charge in [0.2, 0.25) is 0 Å². The maximum atomic E-state index is 13.6. The summed E-state index contributed by atoms with van der Waals surface area (Å²) in [6.45, 7) is 2.13. The normalized spacial score (nSPS) is 16.0. The lowest BCUT2D eigenvalue weighted by Gasteiger charge is -2.33. The van der Waals surface area contributed by atoms with Crippen molar-refractivity contribution in [3.63, 3.8) is 0 Å². The Hall–Kier alpha value is -2.32. The van der Waals surface area contributed by atoms with E-state index in [2.05, 4.69) is 43.3 Å². The maximum absolute atomic E-state index is 13.6. The third-order valence-corrected chi connectivity index (χ3v) is 7.30. The van der Waals surface area contributed by atoms with Gasteiger partial charge in [-0.25, -0.2) is 0 Å². The molecule has 2 heteroatoms. The number of carbonyl (C=O) groups excluding carboxylic acids is 1. The Bertz CT molecular complexity index is 929. The molecular weight excluding hydrogens is 372 g/mol. The summed E-state index contributed by atoms with van der Waals surface area (Å²) in [5, 5.41) is 0. The minimum atomic E-state index is -0.467. The van der Waals surface area contributed by atoms with Crippen LogP contribution in [0.1, 0.15) is 54.9 Å². The fourth-order valence-electron chi connectivity index (χ4n) is 4.09. The van der Waals surface area contributed by atoms with Crippen molar-refractivity contribution in [2.24, 2.45) is 5.92 Å². The van der Waals surface area contributed by atoms with Crippen LogP contribution in [-0.4, -0.2) is 5.78 Å². The van der Waals surface area contributed by atoms with Gasteiger partial charge in [-0.3, -0.25) is 4.79 Å². The van der Waals surface area contributed by atoms with Gasteiger partial charge in [0.05, 0.1) is 5.41 Å². The Labute approximate surface area is 178 Å². The van der Waals surface area contributed by atoms with Crippen LogP contribution in [0.5, 0.6) is 0 Å². The lowest BCUT2D eigenvalue weighted by atomic mass is 9.69. The number of carbonyl (C=O) groups is 1. The highest BCUT2D eigenvalue weighted by molar-refractivity contribution is 7.99. The third kappa shape index (κ3) is 4.64. The van der Waals surface area contributed by atoms with Crippen LogP contribution in [0.15, 0.2) is 94.7 Å². The van der Waals surface area contributed by atoms with Gasteiger partial charge in [0.15, 0.2) is 5.78 Å². The van der Waals surface area contributed by atoms with Crippen LogP contribution in [0.3, 0.4) is 0 Å². The molecular formula is C27H28OS. The largest absolute Gasteiger partial charge is 0.293 e. The highest BCUT2D eigenvalue weighted by Crippen LogP contribution is 2.39. The van der Waals surface area contributed by atoms with E-state index in [1.807, 2.05) is 48.5 Å². The van der Waals surface area contributed by atoms with Gasteiger partial charge < -0.3 is 0 Å². The molecule has 3 aromatic rings. The Morgan fingerprint density at radius 1 is 0.862 bits per heavy atom. The van der Waals surface area contributed by atoms with Crippen LogP contribution < -0.4 is 0 Å². The highest BCUT2D eigenvalue weighted by Gasteiger charge is 2.36. The van der Waals surface area contributed by atoms with E-state index in [-0.39, 0.29) is 5.78 Å². The molecule has 148 valence electrons. The van der Waals surface area contributed by atoms with Crippen LogP contribution in [0.2, 0.25) is 0 Å². The number of rotatable bonds is 8. The smallest absolute Gasteiger partial charge is 0.173 e. The van der Waals surface area contributed by atoms with Gasteiger partial charge in [-0.1, -0.05) is 91.7 Å². The van der Waals surface area contributed by atoms with E-state index in [4.69, 9.17) is 0 Å². The number of hydrogen-bond donors (Lipinski definition) is 0. The molecule has 0 aromatic heterocycles. The molecule has 3 aromatic carbocycles. The number of benzene rings is 3. The van der Waals surface area contributed by atoms with E-state index < -0.39 is 5.41 Å². The van der Waals surface area contributed by atoms with E-state index in [1.165, 1.54) is 24.2 Å². The second-order valence-corrected chi connectivity index (χ2v) is 9.45. The van der Waals surface area contributed by atoms with E-state index in [9.17, 15) is 4.79 Å². The summed E-state index contributed by atoms with van der Waals surface area (Å²) in [4.78, 5) is 16.0. The molecule has 1 unspecified atom stereocenters. The summed E-state index contributed by atoms with van der Waals surface area (Å²) >= 11 is 1.73. The van der Waals surface area contributed by atoms with Gasteiger partial charge in [0.1, 0.15) is 0 Å². The lowest BCUT2D eigenvalue weighted by molar-refractivity contribution is 0.0875. The number of Topliss-reactive ketones (excluding diaryl/α,β-unsaturated/α-hetero) is 1. The average Bonchev–Trinajstić information content (AvgIpc) is 2.74. The lowest BCUT2D eigenvalue weighted by Crippen LogP contribution is -2.34. The van der Waals surface area contributed by atoms with E-state index in [0.717, 1.165) is 34.8 Å². The molecule has 0 aliphatic heterocycles. The summed E-state index contributed by atoms with van der Waals surface area (Å²) in [7, 11) is 0. The van der Waals surface area contributed by atoms with Gasteiger partial charge in [0, 0.05) is 15.4 Å². The van der Waals surface area contributed by atoms with Crippen molar-refractivity contribution in [1.82, 2.24) is 0 Å². The summed E-state index contributed by atoms with van der Waals surface area (Å²) in [6, 6.07) is 28.8. The standard InChI is InChI=1S/C27H28OS/c1-27(20-19-21-9-8-10-21,23-11-4-2-5-12-23)26(28)22-15-17-25(18-16-22)29-24-13-6-3-7-14-24/h2-7,11-18,21H,8-10,19-20H2,1H3. The van der Waals surface area contributed by atoms with Gasteiger partial charge in [-0.05, 0) is 55.5 Å². The van der Waals surface area contributed by atoms with Gasteiger partial charge in [0.25, 0.3) is 0 Å². The van der Waals surface area contributed by atoms with Gasteiger partial charge >= 0.3 is 0 Å². The van der Waals surface area contributed by atoms with Crippen molar-refractivity contribution in [2.75, 3.05) is 0 Å². The summed E-state index contributed by atoms with van der Waals surface area (Å²) in [5.41, 5.74) is 1.47. The zero-order valence-electron chi connectivity index (χ0n) is 17.0. The van der Waals surface area contributed by atoms with Gasteiger partial charge in [-0.15, -0.1) is 0 Å². The van der Waals surface area contributed by atoms with Crippen molar-refractivity contribution in [3.8, 4) is 0 Å². The van der Waals surface area contributed by atoms with Crippen LogP contribution in [0.25, 0.3) is 0 Å². The molecule has 1 atom stereocenters. The molecule has 1 fully saturated rings. The first-order valence-corrected chi connectivity index (χ1v) is 11.4. The zero-order chi connectivity index (χ0) is 20.1. The minimum absolute atomic E-state index is 0.235. The Kier molecular flexibility index (Phi) is 6.20. The van der Waals surface area contributed by atoms with E-state index in [1.54, 1.807) is 11.8 Å². The van der Waals surface area contributed by atoms with Crippen LogP contribution in [0.4, 0.5) is 0 Å². The van der Waals surface area contributed by atoms with Crippen molar-refractivity contribution in [2.45, 2.75) is 54.2 Å². The second kappa shape index (κ2) is 9.00. The predicted molar refractivity (Wildman–Crippen MR) is 122 cm³/mol. The third-order valence-electron chi connectivity index (χ3n) is 6.28. The minimum Gasteiger partial charge on any atom is -0.293 e.